The Balaban J connectivity index is 1.48. The Kier molecular flexibility index (Phi) is 7.02. The lowest BCUT2D eigenvalue weighted by Gasteiger charge is -2.12. The van der Waals surface area contributed by atoms with Gasteiger partial charge in [0, 0.05) is 5.69 Å². The molecule has 10 nitrogen and oxygen atoms in total. The maximum atomic E-state index is 13.5. The van der Waals surface area contributed by atoms with E-state index in [4.69, 9.17) is 14.1 Å². The summed E-state index contributed by atoms with van der Waals surface area (Å²) in [7, 11) is -3.16. The molecular weight excluding hydrogens is 508 g/mol. The Morgan fingerprint density at radius 3 is 2.66 bits per heavy atom. The maximum absolute atomic E-state index is 13.5. The maximum Gasteiger partial charge on any atom is 0.338 e. The van der Waals surface area contributed by atoms with Gasteiger partial charge >= 0.3 is 5.97 Å². The van der Waals surface area contributed by atoms with Crippen molar-refractivity contribution in [3.05, 3.63) is 65.5 Å². The first-order valence-electron chi connectivity index (χ1n) is 12.5. The van der Waals surface area contributed by atoms with E-state index in [1.807, 2.05) is 6.92 Å². The Morgan fingerprint density at radius 2 is 2.00 bits per heavy atom. The van der Waals surface area contributed by atoms with E-state index in [0.717, 1.165) is 12.8 Å². The molecule has 1 aliphatic rings. The van der Waals surface area contributed by atoms with Gasteiger partial charge in [-0.1, -0.05) is 13.3 Å². The molecule has 198 valence electrons. The molecule has 1 fully saturated rings. The number of fused-ring (bicyclic) bond motifs is 1. The summed E-state index contributed by atoms with van der Waals surface area (Å²) in [5.41, 5.74) is 2.64. The number of aromatic nitrogens is 3. The van der Waals surface area contributed by atoms with Gasteiger partial charge in [-0.3, -0.25) is 4.79 Å². The average molecular weight is 537 g/mol. The second kappa shape index (κ2) is 10.4. The van der Waals surface area contributed by atoms with E-state index >= 15 is 0 Å². The zero-order valence-electron chi connectivity index (χ0n) is 21.1. The van der Waals surface area contributed by atoms with Gasteiger partial charge in [-0.25, -0.2) is 22.9 Å². The summed E-state index contributed by atoms with van der Waals surface area (Å²) in [5.74, 6) is -0.274. The number of ether oxygens (including phenoxy) is 1. The molecule has 1 unspecified atom stereocenters. The number of nitrogens with zero attached hydrogens (tertiary/aromatic N) is 3. The van der Waals surface area contributed by atoms with E-state index in [9.17, 15) is 18.0 Å². The molecule has 1 atom stereocenters. The van der Waals surface area contributed by atoms with Crippen molar-refractivity contribution in [2.24, 2.45) is 0 Å². The average Bonchev–Trinajstić information content (AvgIpc) is 3.63. The van der Waals surface area contributed by atoms with E-state index in [2.05, 4.69) is 10.4 Å². The Bertz CT molecular complexity index is 1590. The fourth-order valence-corrected chi connectivity index (χ4v) is 6.24. The van der Waals surface area contributed by atoms with E-state index in [1.165, 1.54) is 6.26 Å². The predicted octanol–water partition coefficient (Wildman–Crippen LogP) is 4.57. The van der Waals surface area contributed by atoms with Crippen LogP contribution in [0.25, 0.3) is 22.5 Å². The smallest absolute Gasteiger partial charge is 0.338 e. The quantitative estimate of drug-likeness (QED) is 0.256. The van der Waals surface area contributed by atoms with Crippen LogP contribution in [-0.2, 0) is 14.6 Å². The second-order valence-corrected chi connectivity index (χ2v) is 11.6. The van der Waals surface area contributed by atoms with Crippen molar-refractivity contribution in [2.75, 3.05) is 23.4 Å². The van der Waals surface area contributed by atoms with Crippen LogP contribution in [0.15, 0.2) is 53.1 Å². The summed E-state index contributed by atoms with van der Waals surface area (Å²) in [6, 6.07) is 11.2. The first-order valence-corrected chi connectivity index (χ1v) is 14.3. The van der Waals surface area contributed by atoms with E-state index < -0.39 is 21.7 Å². The normalized spacial score (nSPS) is 16.5. The second-order valence-electron chi connectivity index (χ2n) is 9.34. The minimum Gasteiger partial charge on any atom is -0.463 e. The number of hydrogen-bond acceptors (Lipinski definition) is 8. The number of benzene rings is 1. The first-order chi connectivity index (χ1) is 18.3. The molecule has 4 heterocycles. The third kappa shape index (κ3) is 5.19. The molecule has 1 saturated heterocycles. The van der Waals surface area contributed by atoms with Crippen LogP contribution < -0.4 is 5.32 Å². The molecule has 0 bridgehead atoms. The summed E-state index contributed by atoms with van der Waals surface area (Å²) >= 11 is 0. The van der Waals surface area contributed by atoms with Crippen molar-refractivity contribution < 1.29 is 27.2 Å². The number of pyridine rings is 1. The van der Waals surface area contributed by atoms with Gasteiger partial charge in [-0.15, -0.1) is 0 Å². The van der Waals surface area contributed by atoms with Crippen LogP contribution in [0.4, 0.5) is 5.69 Å². The number of carbonyl (C=O) groups excluding carboxylic acids is 2. The summed E-state index contributed by atoms with van der Waals surface area (Å²) in [4.78, 5) is 30.4. The van der Waals surface area contributed by atoms with Crippen LogP contribution in [-0.4, -0.2) is 53.2 Å². The number of furan rings is 1. The van der Waals surface area contributed by atoms with E-state index in [-0.39, 0.29) is 17.5 Å². The van der Waals surface area contributed by atoms with Gasteiger partial charge in [0.2, 0.25) is 0 Å². The monoisotopic (exact) mass is 536 g/mol. The largest absolute Gasteiger partial charge is 0.463 e. The van der Waals surface area contributed by atoms with Gasteiger partial charge < -0.3 is 14.5 Å². The molecular formula is C27H28N4O6S. The lowest BCUT2D eigenvalue weighted by atomic mass is 10.1. The minimum atomic E-state index is -3.16. The van der Waals surface area contributed by atoms with Crippen LogP contribution >= 0.6 is 0 Å². The third-order valence-corrected chi connectivity index (χ3v) is 8.27. The van der Waals surface area contributed by atoms with Crippen molar-refractivity contribution in [3.63, 3.8) is 0 Å². The van der Waals surface area contributed by atoms with Gasteiger partial charge in [0.15, 0.2) is 21.2 Å². The van der Waals surface area contributed by atoms with Gasteiger partial charge in [0.25, 0.3) is 5.91 Å². The Hall–Kier alpha value is -3.99. The van der Waals surface area contributed by atoms with Crippen LogP contribution in [0, 0.1) is 6.92 Å². The highest BCUT2D eigenvalue weighted by atomic mass is 32.2. The molecule has 11 heteroatoms. The Morgan fingerprint density at radius 1 is 1.21 bits per heavy atom. The summed E-state index contributed by atoms with van der Waals surface area (Å²) in [6.07, 6.45) is 3.68. The van der Waals surface area contributed by atoms with Crippen LogP contribution in [0.1, 0.15) is 58.6 Å². The summed E-state index contributed by atoms with van der Waals surface area (Å²) < 4.78 is 36.7. The number of aryl methyl sites for hydroxylation is 1. The molecule has 1 aliphatic heterocycles. The molecule has 1 amide bonds. The number of anilines is 1. The highest BCUT2D eigenvalue weighted by Crippen LogP contribution is 2.32. The van der Waals surface area contributed by atoms with Crippen molar-refractivity contribution in [3.8, 4) is 11.5 Å². The number of hydrogen-bond donors (Lipinski definition) is 1. The lowest BCUT2D eigenvalue weighted by molar-refractivity contribution is 0.0499. The highest BCUT2D eigenvalue weighted by molar-refractivity contribution is 7.91. The van der Waals surface area contributed by atoms with Crippen molar-refractivity contribution in [1.82, 2.24) is 14.8 Å². The van der Waals surface area contributed by atoms with Crippen molar-refractivity contribution >= 4 is 38.4 Å². The molecule has 38 heavy (non-hydrogen) atoms. The number of amides is 1. The zero-order valence-corrected chi connectivity index (χ0v) is 22.0. The summed E-state index contributed by atoms with van der Waals surface area (Å²) in [5, 5.41) is 8.02. The molecule has 1 aromatic carbocycles. The Labute approximate surface area is 219 Å². The fourth-order valence-electron chi connectivity index (χ4n) is 4.55. The van der Waals surface area contributed by atoms with Gasteiger partial charge in [0.05, 0.1) is 52.6 Å². The number of rotatable bonds is 8. The topological polar surface area (TPSA) is 133 Å². The van der Waals surface area contributed by atoms with Crippen molar-refractivity contribution in [2.45, 2.75) is 39.2 Å². The van der Waals surface area contributed by atoms with Gasteiger partial charge in [-0.05, 0) is 62.2 Å². The van der Waals surface area contributed by atoms with E-state index in [0.29, 0.717) is 58.0 Å². The van der Waals surface area contributed by atoms with Crippen LogP contribution in [0.3, 0.4) is 0 Å². The fraction of sp³-hybridized carbons (Fsp3) is 0.333. The molecule has 3 aromatic heterocycles. The number of nitrogens with one attached hydrogen (secondary N) is 1. The SMILES string of the molecule is CCCCOC(=O)c1ccc(NC(=O)c2cc(-c3ccco3)nc3c2c(C)nn3C2CCS(=O)(=O)C2)cc1. The predicted molar refractivity (Wildman–Crippen MR) is 142 cm³/mol. The highest BCUT2D eigenvalue weighted by Gasteiger charge is 2.32. The van der Waals surface area contributed by atoms with E-state index in [1.54, 1.807) is 54.1 Å². The lowest BCUT2D eigenvalue weighted by Crippen LogP contribution is -2.15. The number of sulfone groups is 1. The molecule has 5 rings (SSSR count). The number of carbonyl (C=O) groups is 2. The molecule has 0 spiro atoms. The third-order valence-electron chi connectivity index (χ3n) is 6.52. The number of esters is 1. The number of unbranched alkanes of at least 4 members (excludes halogenated alkanes) is 1. The van der Waals surface area contributed by atoms with Gasteiger partial charge in [-0.2, -0.15) is 5.10 Å². The summed E-state index contributed by atoms with van der Waals surface area (Å²) in [6.45, 7) is 4.15. The van der Waals surface area contributed by atoms with Crippen LogP contribution in [0.5, 0.6) is 0 Å². The zero-order chi connectivity index (χ0) is 26.9. The molecule has 4 aromatic rings. The molecule has 1 N–H and O–H groups in total. The van der Waals surface area contributed by atoms with Gasteiger partial charge in [0.1, 0.15) is 5.69 Å². The molecule has 0 saturated carbocycles. The van der Waals surface area contributed by atoms with Crippen LogP contribution in [0.2, 0.25) is 0 Å². The minimum absolute atomic E-state index is 0.0232. The van der Waals surface area contributed by atoms with Crippen molar-refractivity contribution in [1.29, 1.82) is 0 Å². The first kappa shape index (κ1) is 25.7. The molecule has 0 aliphatic carbocycles. The molecule has 0 radical (unpaired) electrons. The standard InChI is InChI=1S/C27H28N4O6S/c1-3-4-12-37-27(33)18-7-9-19(10-8-18)28-26(32)21-15-22(23-6-5-13-36-23)29-25-24(21)17(2)30-31(25)20-11-14-38(34,35)16-20/h5-10,13,15,20H,3-4,11-12,14,16H2,1-2H3,(H,28,32).